The molecule has 64 heavy (non-hydrogen) atoms. The normalized spacial score (nSPS) is 17.1. The fourth-order valence-corrected chi connectivity index (χ4v) is 9.04. The summed E-state index contributed by atoms with van der Waals surface area (Å²) in [6.07, 6.45) is 4.93. The van der Waals surface area contributed by atoms with Crippen LogP contribution in [0.3, 0.4) is 0 Å². The van der Waals surface area contributed by atoms with E-state index in [0.717, 1.165) is 65.4 Å². The molecule has 4 aromatic heterocycles. The number of nitrogens with two attached hydrogens (primary N) is 2. The van der Waals surface area contributed by atoms with E-state index >= 15 is 0 Å². The van der Waals surface area contributed by atoms with Gasteiger partial charge in [0.1, 0.15) is 58.7 Å². The fraction of sp³-hybridized carbons (Fsp3) is 0.271. The smallest absolute Gasteiger partial charge is 0.224 e. The zero-order valence-corrected chi connectivity index (χ0v) is 35.7. The highest BCUT2D eigenvalue weighted by molar-refractivity contribution is 5.99. The Morgan fingerprint density at radius 2 is 1.11 bits per heavy atom. The second kappa shape index (κ2) is 17.4. The van der Waals surface area contributed by atoms with Gasteiger partial charge in [-0.1, -0.05) is 36.4 Å². The van der Waals surface area contributed by atoms with Crippen molar-refractivity contribution in [3.63, 3.8) is 0 Å². The van der Waals surface area contributed by atoms with Crippen LogP contribution in [0.25, 0.3) is 44.6 Å². The van der Waals surface area contributed by atoms with E-state index in [4.69, 9.17) is 31.1 Å². The van der Waals surface area contributed by atoms with Gasteiger partial charge in [-0.05, 0) is 99.7 Å². The van der Waals surface area contributed by atoms with Crippen LogP contribution in [0.5, 0.6) is 23.0 Å². The molecule has 8 aromatic rings. The van der Waals surface area contributed by atoms with Crippen LogP contribution in [0.2, 0.25) is 0 Å². The van der Waals surface area contributed by atoms with Crippen molar-refractivity contribution in [3.8, 4) is 45.5 Å². The number of amides is 1. The molecule has 4 aromatic carbocycles. The van der Waals surface area contributed by atoms with E-state index in [1.54, 1.807) is 0 Å². The number of likely N-dealkylation sites (tertiary alicyclic amines) is 2. The molecule has 3 atom stereocenters. The number of para-hydroxylation sites is 2. The molecule has 0 bridgehead atoms. The number of carbonyl (C=O) groups excluding carboxylic acids is 1. The Kier molecular flexibility index (Phi) is 11.0. The highest BCUT2D eigenvalue weighted by Crippen LogP contribution is 2.38. The molecule has 16 heteroatoms. The highest BCUT2D eigenvalue weighted by Gasteiger charge is 2.36. The maximum atomic E-state index is 14.3. The Balaban J connectivity index is 0.838. The van der Waals surface area contributed by atoms with Crippen LogP contribution in [-0.2, 0) is 4.79 Å². The lowest BCUT2D eigenvalue weighted by Crippen LogP contribution is -2.44. The Labute approximate surface area is 370 Å². The molecular weight excluding hydrogens is 807 g/mol. The fourth-order valence-electron chi connectivity index (χ4n) is 9.04. The number of benzene rings is 4. The number of nitrogen functional groups attached to an aromatic ring is 2. The Morgan fingerprint density at radius 1 is 0.641 bits per heavy atom. The summed E-state index contributed by atoms with van der Waals surface area (Å²) in [6.45, 7) is 3.38. The van der Waals surface area contributed by atoms with Gasteiger partial charge in [-0.15, -0.1) is 0 Å². The molecule has 2 aliphatic rings. The SMILES string of the molecule is CN(C)CC(CC(=O)N1CC[C@@H](n2nc(-c3ccc(Oc4ccccc4)cc3)c3c(N)ncnc32)C1)N1CCC(n2nc(-c3ccc(Oc4ccccc4)cc3)c3c(N)ncnc32)C1. The lowest BCUT2D eigenvalue weighted by Gasteiger charge is -2.31. The molecule has 2 aliphatic heterocycles. The van der Waals surface area contributed by atoms with Gasteiger partial charge in [0.15, 0.2) is 11.3 Å². The molecule has 10 rings (SSSR count). The quantitative estimate of drug-likeness (QED) is 0.120. The van der Waals surface area contributed by atoms with Crippen LogP contribution in [0, 0.1) is 0 Å². The minimum Gasteiger partial charge on any atom is -0.457 e. The van der Waals surface area contributed by atoms with E-state index in [2.05, 4.69) is 43.8 Å². The number of ether oxygens (including phenoxy) is 2. The van der Waals surface area contributed by atoms with Crippen LogP contribution >= 0.6 is 0 Å². The summed E-state index contributed by atoms with van der Waals surface area (Å²) in [6, 6.07) is 34.9. The molecule has 0 spiro atoms. The largest absolute Gasteiger partial charge is 0.457 e. The van der Waals surface area contributed by atoms with Gasteiger partial charge >= 0.3 is 0 Å². The Bertz CT molecular complexity index is 2900. The van der Waals surface area contributed by atoms with Gasteiger partial charge in [-0.2, -0.15) is 10.2 Å². The summed E-state index contributed by atoms with van der Waals surface area (Å²) >= 11 is 0. The molecule has 2 fully saturated rings. The molecule has 2 unspecified atom stereocenters. The number of likely N-dealkylation sites (N-methyl/N-ethyl adjacent to an activating group) is 1. The predicted molar refractivity (Wildman–Crippen MR) is 246 cm³/mol. The van der Waals surface area contributed by atoms with Gasteiger partial charge in [0.25, 0.3) is 0 Å². The van der Waals surface area contributed by atoms with Crippen LogP contribution in [0.4, 0.5) is 11.6 Å². The molecule has 2 saturated heterocycles. The maximum absolute atomic E-state index is 14.3. The van der Waals surface area contributed by atoms with E-state index in [1.807, 2.05) is 123 Å². The van der Waals surface area contributed by atoms with Crippen molar-refractivity contribution in [2.45, 2.75) is 37.4 Å². The van der Waals surface area contributed by atoms with Gasteiger partial charge in [0, 0.05) is 56.3 Å². The van der Waals surface area contributed by atoms with Crippen LogP contribution < -0.4 is 20.9 Å². The lowest BCUT2D eigenvalue weighted by atomic mass is 10.1. The highest BCUT2D eigenvalue weighted by atomic mass is 16.5. The first-order valence-electron chi connectivity index (χ1n) is 21.6. The molecule has 1 amide bonds. The number of nitrogens with zero attached hydrogens (tertiary/aromatic N) is 11. The Hall–Kier alpha value is -7.43. The van der Waals surface area contributed by atoms with Crippen molar-refractivity contribution < 1.29 is 14.3 Å². The number of carbonyl (C=O) groups is 1. The molecule has 0 saturated carbocycles. The van der Waals surface area contributed by atoms with Crippen molar-refractivity contribution in [1.29, 1.82) is 0 Å². The number of hydrogen-bond acceptors (Lipinski definition) is 13. The number of anilines is 2. The first kappa shape index (κ1) is 40.6. The van der Waals surface area contributed by atoms with Gasteiger partial charge in [-0.3, -0.25) is 9.69 Å². The van der Waals surface area contributed by atoms with Gasteiger partial charge < -0.3 is 30.7 Å². The number of fused-ring (bicyclic) bond motifs is 2. The van der Waals surface area contributed by atoms with Gasteiger partial charge in [0.2, 0.25) is 5.91 Å². The van der Waals surface area contributed by atoms with Crippen molar-refractivity contribution in [1.82, 2.24) is 54.2 Å². The molecular formula is C48H49N13O3. The zero-order chi connectivity index (χ0) is 43.7. The number of rotatable bonds is 13. The summed E-state index contributed by atoms with van der Waals surface area (Å²) in [5, 5.41) is 11.6. The van der Waals surface area contributed by atoms with Crippen LogP contribution in [0.15, 0.2) is 122 Å². The molecule has 16 nitrogen and oxygen atoms in total. The van der Waals surface area contributed by atoms with E-state index < -0.39 is 0 Å². The summed E-state index contributed by atoms with van der Waals surface area (Å²) in [5.41, 5.74) is 17.5. The van der Waals surface area contributed by atoms with Crippen molar-refractivity contribution in [3.05, 3.63) is 122 Å². The van der Waals surface area contributed by atoms with Gasteiger partial charge in [-0.25, -0.2) is 29.3 Å². The van der Waals surface area contributed by atoms with Crippen LogP contribution in [-0.4, -0.2) is 113 Å². The van der Waals surface area contributed by atoms with Gasteiger partial charge in [0.05, 0.1) is 22.9 Å². The number of hydrogen-bond donors (Lipinski definition) is 2. The minimum absolute atomic E-state index is 0.0109. The first-order chi connectivity index (χ1) is 31.3. The van der Waals surface area contributed by atoms with Crippen molar-refractivity contribution in [2.75, 3.05) is 58.3 Å². The second-order valence-electron chi connectivity index (χ2n) is 16.7. The van der Waals surface area contributed by atoms with E-state index in [-0.39, 0.29) is 24.0 Å². The predicted octanol–water partition coefficient (Wildman–Crippen LogP) is 7.09. The first-order valence-corrected chi connectivity index (χ1v) is 21.6. The topological polar surface area (TPSA) is 184 Å². The van der Waals surface area contributed by atoms with E-state index in [9.17, 15) is 4.79 Å². The molecule has 324 valence electrons. The third-order valence-electron chi connectivity index (χ3n) is 12.2. The monoisotopic (exact) mass is 855 g/mol. The van der Waals surface area contributed by atoms with E-state index in [1.165, 1.54) is 12.7 Å². The van der Waals surface area contributed by atoms with E-state index in [0.29, 0.717) is 65.8 Å². The third kappa shape index (κ3) is 8.16. The average molecular weight is 856 g/mol. The minimum atomic E-state index is -0.0806. The summed E-state index contributed by atoms with van der Waals surface area (Å²) in [7, 11) is 4.11. The van der Waals surface area contributed by atoms with Crippen molar-refractivity contribution in [2.24, 2.45) is 0 Å². The second-order valence-corrected chi connectivity index (χ2v) is 16.7. The molecule has 6 heterocycles. The average Bonchev–Trinajstić information content (AvgIpc) is 4.14. The standard InChI is InChI=1S/C48H49N13O3/c1-57(2)26-35(58-23-21-33(27-58)60-47-41(45(49)51-29-53-47)43(55-60)31-13-17-38(18-14-31)63-36-9-5-3-6-10-36)25-40(62)59-24-22-34(28-59)61-48-42(46(50)52-30-54-48)44(56-61)32-15-19-39(20-16-32)64-37-11-7-4-8-12-37/h3-20,29-30,33-35H,21-28H2,1-2H3,(H2,49,51,53)(H2,50,52,54)/t33?,34-,35?/m1/s1. The molecule has 0 radical (unpaired) electrons. The van der Waals surface area contributed by atoms with Crippen LogP contribution in [0.1, 0.15) is 31.3 Å². The molecule has 4 N–H and O–H groups in total. The Morgan fingerprint density at radius 3 is 1.61 bits per heavy atom. The van der Waals surface area contributed by atoms with Crippen molar-refractivity contribution >= 4 is 39.6 Å². The molecule has 0 aliphatic carbocycles. The number of aromatic nitrogens is 8. The third-order valence-corrected chi connectivity index (χ3v) is 12.2. The summed E-state index contributed by atoms with van der Waals surface area (Å²) in [5.74, 6) is 3.80. The zero-order valence-electron chi connectivity index (χ0n) is 35.7. The lowest BCUT2D eigenvalue weighted by molar-refractivity contribution is -0.131. The summed E-state index contributed by atoms with van der Waals surface area (Å²) in [4.78, 5) is 38.8. The maximum Gasteiger partial charge on any atom is 0.224 e. The summed E-state index contributed by atoms with van der Waals surface area (Å²) < 4.78 is 16.0.